The van der Waals surface area contributed by atoms with Crippen molar-refractivity contribution in [1.82, 2.24) is 0 Å². The van der Waals surface area contributed by atoms with Crippen molar-refractivity contribution in [3.05, 3.63) is 29.8 Å². The van der Waals surface area contributed by atoms with Gasteiger partial charge in [0, 0.05) is 7.11 Å². The van der Waals surface area contributed by atoms with Crippen molar-refractivity contribution in [2.75, 3.05) is 12.1 Å². The number of hydrogen-bond acceptors (Lipinski definition) is 3. The molecule has 0 saturated carbocycles. The number of aryl methyl sites for hydroxylation is 1. The Morgan fingerprint density at radius 1 is 1.25 bits per heavy atom. The average Bonchev–Trinajstić information content (AvgIpc) is 2.55. The average molecular weight is 218 g/mol. The second-order valence-electron chi connectivity index (χ2n) is 3.84. The summed E-state index contributed by atoms with van der Waals surface area (Å²) in [6.45, 7) is 3.79. The summed E-state index contributed by atoms with van der Waals surface area (Å²) in [7, 11) is 1.51. The second-order valence-corrected chi connectivity index (χ2v) is 3.84. The summed E-state index contributed by atoms with van der Waals surface area (Å²) < 4.78 is 5.09. The van der Waals surface area contributed by atoms with Crippen molar-refractivity contribution in [3.63, 3.8) is 0 Å². The predicted molar refractivity (Wildman–Crippen MR) is 62.6 cm³/mol. The van der Waals surface area contributed by atoms with E-state index in [4.69, 9.17) is 4.74 Å². The van der Waals surface area contributed by atoms with E-state index in [-0.39, 0.29) is 5.91 Å². The lowest BCUT2D eigenvalue weighted by Crippen LogP contribution is -2.32. The van der Waals surface area contributed by atoms with E-state index in [2.05, 4.69) is 5.10 Å². The van der Waals surface area contributed by atoms with Crippen LogP contribution in [0.25, 0.3) is 0 Å². The molecule has 0 radical (unpaired) electrons. The number of nitrogens with zero attached hydrogens (tertiary/aromatic N) is 2. The molecule has 84 valence electrons. The molecule has 1 aliphatic heterocycles. The molecule has 16 heavy (non-hydrogen) atoms. The van der Waals surface area contributed by atoms with Gasteiger partial charge in [-0.25, -0.2) is 0 Å². The summed E-state index contributed by atoms with van der Waals surface area (Å²) in [6.07, 6.45) is -0.540. The molecule has 1 heterocycles. The molecule has 0 saturated heterocycles. The van der Waals surface area contributed by atoms with Crippen molar-refractivity contribution in [1.29, 1.82) is 0 Å². The van der Waals surface area contributed by atoms with Crippen LogP contribution in [0.4, 0.5) is 5.69 Å². The first kappa shape index (κ1) is 10.8. The maximum atomic E-state index is 11.9. The molecule has 0 N–H and O–H groups in total. The van der Waals surface area contributed by atoms with Gasteiger partial charge in [-0.2, -0.15) is 10.1 Å². The molecule has 4 heteroatoms. The van der Waals surface area contributed by atoms with Crippen LogP contribution < -0.4 is 5.01 Å². The van der Waals surface area contributed by atoms with E-state index < -0.39 is 6.10 Å². The number of carbonyl (C=O) groups is 1. The zero-order chi connectivity index (χ0) is 11.7. The first-order valence-electron chi connectivity index (χ1n) is 5.12. The van der Waals surface area contributed by atoms with Gasteiger partial charge in [-0.15, -0.1) is 0 Å². The zero-order valence-corrected chi connectivity index (χ0v) is 9.60. The molecule has 1 aromatic carbocycles. The third kappa shape index (κ3) is 1.72. The minimum absolute atomic E-state index is 0.135. The number of ether oxygens (including phenoxy) is 1. The number of carbonyl (C=O) groups excluding carboxylic acids is 1. The summed E-state index contributed by atoms with van der Waals surface area (Å²) >= 11 is 0. The molecule has 2 rings (SSSR count). The minimum atomic E-state index is -0.540. The second kappa shape index (κ2) is 4.06. The molecule has 0 fully saturated rings. The van der Waals surface area contributed by atoms with Gasteiger partial charge in [0.25, 0.3) is 5.91 Å². The normalized spacial score (nSPS) is 20.2. The monoisotopic (exact) mass is 218 g/mol. The highest BCUT2D eigenvalue weighted by molar-refractivity contribution is 6.17. The Morgan fingerprint density at radius 3 is 2.38 bits per heavy atom. The van der Waals surface area contributed by atoms with Gasteiger partial charge in [0.2, 0.25) is 0 Å². The third-order valence-corrected chi connectivity index (χ3v) is 2.58. The maximum Gasteiger partial charge on any atom is 0.282 e. The highest BCUT2D eigenvalue weighted by Crippen LogP contribution is 2.22. The quantitative estimate of drug-likeness (QED) is 0.758. The van der Waals surface area contributed by atoms with Crippen LogP contribution in [-0.2, 0) is 9.53 Å². The third-order valence-electron chi connectivity index (χ3n) is 2.58. The Morgan fingerprint density at radius 2 is 1.88 bits per heavy atom. The van der Waals surface area contributed by atoms with Gasteiger partial charge in [-0.1, -0.05) is 17.7 Å². The number of rotatable bonds is 2. The molecule has 0 bridgehead atoms. The van der Waals surface area contributed by atoms with E-state index >= 15 is 0 Å². The molecular formula is C12H14N2O2. The molecule has 1 aliphatic rings. The Bertz CT molecular complexity index is 437. The fourth-order valence-electron chi connectivity index (χ4n) is 1.69. The highest BCUT2D eigenvalue weighted by atomic mass is 16.5. The largest absolute Gasteiger partial charge is 0.365 e. The van der Waals surface area contributed by atoms with Crippen LogP contribution in [0.5, 0.6) is 0 Å². The van der Waals surface area contributed by atoms with E-state index in [1.807, 2.05) is 31.2 Å². The van der Waals surface area contributed by atoms with Crippen LogP contribution >= 0.6 is 0 Å². The lowest BCUT2D eigenvalue weighted by atomic mass is 10.2. The van der Waals surface area contributed by atoms with Crippen LogP contribution in [0.15, 0.2) is 29.4 Å². The van der Waals surface area contributed by atoms with Gasteiger partial charge >= 0.3 is 0 Å². The van der Waals surface area contributed by atoms with Gasteiger partial charge in [-0.05, 0) is 26.0 Å². The first-order valence-corrected chi connectivity index (χ1v) is 5.12. The predicted octanol–water partition coefficient (Wildman–Crippen LogP) is 1.73. The topological polar surface area (TPSA) is 41.9 Å². The van der Waals surface area contributed by atoms with Gasteiger partial charge < -0.3 is 4.74 Å². The standard InChI is InChI=1S/C12H14N2O2/c1-8-4-6-10(7-5-8)14-12(15)11(16-3)9(2)13-14/h4-7,11H,1-3H3. The first-order chi connectivity index (χ1) is 7.63. The van der Waals surface area contributed by atoms with E-state index in [0.717, 1.165) is 11.3 Å². The minimum Gasteiger partial charge on any atom is -0.365 e. The van der Waals surface area contributed by atoms with Gasteiger partial charge in [0.1, 0.15) is 0 Å². The van der Waals surface area contributed by atoms with Crippen LogP contribution in [0.3, 0.4) is 0 Å². The van der Waals surface area contributed by atoms with Crippen molar-refractivity contribution >= 4 is 17.3 Å². The van der Waals surface area contributed by atoms with Crippen LogP contribution in [0.1, 0.15) is 12.5 Å². The van der Waals surface area contributed by atoms with Crippen molar-refractivity contribution in [2.45, 2.75) is 20.0 Å². The van der Waals surface area contributed by atoms with Gasteiger partial charge in [-0.3, -0.25) is 4.79 Å². The van der Waals surface area contributed by atoms with Crippen LogP contribution in [0.2, 0.25) is 0 Å². The van der Waals surface area contributed by atoms with E-state index in [1.165, 1.54) is 12.1 Å². The molecule has 0 aliphatic carbocycles. The van der Waals surface area contributed by atoms with Crippen molar-refractivity contribution in [2.24, 2.45) is 5.10 Å². The zero-order valence-electron chi connectivity index (χ0n) is 9.60. The molecule has 1 unspecified atom stereocenters. The van der Waals surface area contributed by atoms with E-state index in [9.17, 15) is 4.79 Å². The Labute approximate surface area is 94.5 Å². The van der Waals surface area contributed by atoms with Crippen molar-refractivity contribution in [3.8, 4) is 0 Å². The van der Waals surface area contributed by atoms with E-state index in [1.54, 1.807) is 6.92 Å². The van der Waals surface area contributed by atoms with Crippen molar-refractivity contribution < 1.29 is 9.53 Å². The smallest absolute Gasteiger partial charge is 0.282 e. The number of methoxy groups -OCH3 is 1. The van der Waals surface area contributed by atoms with Crippen LogP contribution in [-0.4, -0.2) is 24.8 Å². The number of benzene rings is 1. The molecule has 0 aromatic heterocycles. The fraction of sp³-hybridized carbons (Fsp3) is 0.333. The summed E-state index contributed by atoms with van der Waals surface area (Å²) in [4.78, 5) is 11.9. The lowest BCUT2D eigenvalue weighted by molar-refractivity contribution is -0.123. The Hall–Kier alpha value is -1.68. The number of hydrazone groups is 1. The van der Waals surface area contributed by atoms with E-state index in [0.29, 0.717) is 5.71 Å². The number of hydrogen-bond donors (Lipinski definition) is 0. The highest BCUT2D eigenvalue weighted by Gasteiger charge is 2.34. The summed E-state index contributed by atoms with van der Waals surface area (Å²) in [5.41, 5.74) is 2.61. The molecule has 1 amide bonds. The molecular weight excluding hydrogens is 204 g/mol. The maximum absolute atomic E-state index is 11.9. The molecule has 0 spiro atoms. The summed E-state index contributed by atoms with van der Waals surface area (Å²) in [5.74, 6) is -0.135. The van der Waals surface area contributed by atoms with Gasteiger partial charge in [0.05, 0.1) is 11.4 Å². The molecule has 4 nitrogen and oxygen atoms in total. The SMILES string of the molecule is COC1C(=O)N(c2ccc(C)cc2)N=C1C. The Balaban J connectivity index is 2.30. The lowest BCUT2D eigenvalue weighted by Gasteiger charge is -2.13. The van der Waals surface area contributed by atoms with Gasteiger partial charge in [0.15, 0.2) is 6.10 Å². The summed E-state index contributed by atoms with van der Waals surface area (Å²) in [6, 6.07) is 7.66. The number of anilines is 1. The Kier molecular flexibility index (Phi) is 2.75. The molecule has 1 atom stereocenters. The molecule has 1 aromatic rings. The summed E-state index contributed by atoms with van der Waals surface area (Å²) in [5, 5.41) is 5.59. The van der Waals surface area contributed by atoms with Crippen LogP contribution in [0, 0.1) is 6.92 Å². The fourth-order valence-corrected chi connectivity index (χ4v) is 1.69. The number of amides is 1.